The van der Waals surface area contributed by atoms with E-state index in [4.69, 9.17) is 4.74 Å². The molecule has 5 rings (SSSR count). The average molecular weight is 439 g/mol. The number of methoxy groups -OCH3 is 1. The molecule has 2 heterocycles. The van der Waals surface area contributed by atoms with E-state index in [1.54, 1.807) is 12.7 Å². The molecule has 2 aliphatic rings. The molecule has 0 spiro atoms. The van der Waals surface area contributed by atoms with Crippen LogP contribution in [-0.2, 0) is 25.3 Å². The number of halogens is 1. The van der Waals surface area contributed by atoms with Gasteiger partial charge in [-0.15, -0.1) is 0 Å². The van der Waals surface area contributed by atoms with Crippen LogP contribution in [0, 0.1) is 5.92 Å². The first-order valence-electron chi connectivity index (χ1n) is 10.1. The van der Waals surface area contributed by atoms with Gasteiger partial charge in [-0.25, -0.2) is 0 Å². The van der Waals surface area contributed by atoms with Crippen molar-refractivity contribution in [3.8, 4) is 5.75 Å². The maximum atomic E-state index is 5.58. The van der Waals surface area contributed by atoms with E-state index in [-0.39, 0.29) is 5.41 Å². The third-order valence-electron chi connectivity index (χ3n) is 7.23. The van der Waals surface area contributed by atoms with Crippen LogP contribution in [-0.4, -0.2) is 36.7 Å². The summed E-state index contributed by atoms with van der Waals surface area (Å²) in [5, 5.41) is 1.42. The second-order valence-corrected chi connectivity index (χ2v) is 9.54. The van der Waals surface area contributed by atoms with Crippen LogP contribution in [0.15, 0.2) is 46.9 Å². The smallest absolute Gasteiger partial charge is 0.119 e. The zero-order chi connectivity index (χ0) is 19.5. The number of nitrogens with zero attached hydrogens (tertiary/aromatic N) is 2. The normalized spacial score (nSPS) is 24.8. The molecular weight excluding hydrogens is 412 g/mol. The Balaban J connectivity index is 1.70. The molecular formula is C24H27BrN2O. The Morgan fingerprint density at radius 2 is 2.00 bits per heavy atom. The van der Waals surface area contributed by atoms with E-state index in [0.717, 1.165) is 31.7 Å². The lowest BCUT2D eigenvalue weighted by atomic mass is 9.59. The number of ether oxygens (including phenoxy) is 1. The topological polar surface area (TPSA) is 17.4 Å². The lowest BCUT2D eigenvalue weighted by molar-refractivity contribution is 0.0985. The number of benzene rings is 2. The summed E-state index contributed by atoms with van der Waals surface area (Å²) in [5.41, 5.74) is 6.05. The van der Waals surface area contributed by atoms with E-state index in [1.807, 2.05) is 0 Å². The van der Waals surface area contributed by atoms with Crippen molar-refractivity contribution in [2.24, 2.45) is 13.0 Å². The van der Waals surface area contributed by atoms with Crippen molar-refractivity contribution in [1.82, 2.24) is 9.47 Å². The number of hydrogen-bond donors (Lipinski definition) is 0. The zero-order valence-corrected chi connectivity index (χ0v) is 18.4. The summed E-state index contributed by atoms with van der Waals surface area (Å²) in [4.78, 5) is 2.51. The molecule has 1 fully saturated rings. The molecule has 28 heavy (non-hydrogen) atoms. The lowest BCUT2D eigenvalue weighted by Crippen LogP contribution is -2.53. The van der Waals surface area contributed by atoms with Crippen LogP contribution in [0.1, 0.15) is 23.2 Å². The van der Waals surface area contributed by atoms with Crippen molar-refractivity contribution in [2.75, 3.05) is 27.2 Å². The van der Waals surface area contributed by atoms with Crippen LogP contribution in [0.4, 0.5) is 0 Å². The number of likely N-dealkylation sites (tertiary alicyclic amines) is 1. The molecule has 146 valence electrons. The summed E-state index contributed by atoms with van der Waals surface area (Å²) < 4.78 is 9.18. The SMILES string of the molecule is COc1cccc(C23CCN(C)CC2Cc2c(n(C)c4ccc(Br)cc24)C3)c1. The largest absolute Gasteiger partial charge is 0.497 e. The second kappa shape index (κ2) is 6.64. The van der Waals surface area contributed by atoms with Crippen LogP contribution >= 0.6 is 15.9 Å². The molecule has 3 nitrogen and oxygen atoms in total. The highest BCUT2D eigenvalue weighted by Crippen LogP contribution is 2.50. The fourth-order valence-electron chi connectivity index (χ4n) is 5.69. The molecule has 1 aromatic heterocycles. The average Bonchev–Trinajstić information content (AvgIpc) is 2.97. The molecule has 3 aromatic rings. The molecule has 4 heteroatoms. The minimum atomic E-state index is 0.188. The minimum Gasteiger partial charge on any atom is -0.497 e. The molecule has 0 bridgehead atoms. The Labute approximate surface area is 175 Å². The monoisotopic (exact) mass is 438 g/mol. The minimum absolute atomic E-state index is 0.188. The number of rotatable bonds is 2. The summed E-state index contributed by atoms with van der Waals surface area (Å²) in [6.07, 6.45) is 3.45. The Morgan fingerprint density at radius 1 is 1.14 bits per heavy atom. The predicted octanol–water partition coefficient (Wildman–Crippen LogP) is 4.94. The van der Waals surface area contributed by atoms with Crippen molar-refractivity contribution >= 4 is 26.8 Å². The Bertz CT molecular complexity index is 1060. The van der Waals surface area contributed by atoms with Crippen LogP contribution in [0.2, 0.25) is 0 Å². The fourth-order valence-corrected chi connectivity index (χ4v) is 6.05. The third kappa shape index (κ3) is 2.65. The first kappa shape index (κ1) is 18.3. The molecule has 0 N–H and O–H groups in total. The standard InChI is InChI=1S/C24H27BrN2O/c1-26-10-9-24(16-5-4-6-19(11-16)28-3)14-23-20(12-17(24)15-26)21-13-18(25)7-8-22(21)27(23)2/h4-8,11,13,17H,9-10,12,14-15H2,1-3H3. The first-order valence-corrected chi connectivity index (χ1v) is 10.9. The quantitative estimate of drug-likeness (QED) is 0.563. The van der Waals surface area contributed by atoms with Gasteiger partial charge in [-0.2, -0.15) is 0 Å². The van der Waals surface area contributed by atoms with Gasteiger partial charge in [0.05, 0.1) is 7.11 Å². The molecule has 1 aliphatic carbocycles. The number of aromatic nitrogens is 1. The van der Waals surface area contributed by atoms with Crippen molar-refractivity contribution in [3.05, 3.63) is 63.8 Å². The maximum Gasteiger partial charge on any atom is 0.119 e. The summed E-state index contributed by atoms with van der Waals surface area (Å²) in [6.45, 7) is 2.31. The van der Waals surface area contributed by atoms with Gasteiger partial charge in [0, 0.05) is 40.1 Å². The van der Waals surface area contributed by atoms with E-state index in [9.17, 15) is 0 Å². The van der Waals surface area contributed by atoms with Gasteiger partial charge in [0.2, 0.25) is 0 Å². The van der Waals surface area contributed by atoms with Crippen molar-refractivity contribution in [1.29, 1.82) is 0 Å². The highest BCUT2D eigenvalue weighted by atomic mass is 79.9. The first-order chi connectivity index (χ1) is 13.5. The van der Waals surface area contributed by atoms with Crippen molar-refractivity contribution in [3.63, 3.8) is 0 Å². The highest BCUT2D eigenvalue weighted by Gasteiger charge is 2.48. The van der Waals surface area contributed by atoms with Crippen LogP contribution in [0.25, 0.3) is 10.9 Å². The predicted molar refractivity (Wildman–Crippen MR) is 118 cm³/mol. The molecule has 2 unspecified atom stereocenters. The van der Waals surface area contributed by atoms with E-state index >= 15 is 0 Å². The van der Waals surface area contributed by atoms with Gasteiger partial charge >= 0.3 is 0 Å². The van der Waals surface area contributed by atoms with Crippen LogP contribution in [0.5, 0.6) is 5.75 Å². The summed E-state index contributed by atoms with van der Waals surface area (Å²) in [6, 6.07) is 15.5. The third-order valence-corrected chi connectivity index (χ3v) is 7.72. The van der Waals surface area contributed by atoms with Gasteiger partial charge in [0.25, 0.3) is 0 Å². The second-order valence-electron chi connectivity index (χ2n) is 8.62. The lowest BCUT2D eigenvalue weighted by Gasteiger charge is -2.50. The molecule has 0 saturated carbocycles. The molecule has 1 saturated heterocycles. The number of hydrogen-bond acceptors (Lipinski definition) is 2. The van der Waals surface area contributed by atoms with Crippen LogP contribution < -0.4 is 4.74 Å². The summed E-state index contributed by atoms with van der Waals surface area (Å²) >= 11 is 3.68. The van der Waals surface area contributed by atoms with Gasteiger partial charge < -0.3 is 14.2 Å². The molecule has 2 atom stereocenters. The Morgan fingerprint density at radius 3 is 2.82 bits per heavy atom. The van der Waals surface area contributed by atoms with E-state index in [0.29, 0.717) is 5.92 Å². The Kier molecular flexibility index (Phi) is 4.33. The van der Waals surface area contributed by atoms with Gasteiger partial charge in [0.15, 0.2) is 0 Å². The molecule has 2 aromatic carbocycles. The fraction of sp³-hybridized carbons (Fsp3) is 0.417. The molecule has 0 radical (unpaired) electrons. The van der Waals surface area contributed by atoms with Crippen molar-refractivity contribution in [2.45, 2.75) is 24.7 Å². The zero-order valence-electron chi connectivity index (χ0n) is 16.8. The van der Waals surface area contributed by atoms with Crippen LogP contribution in [0.3, 0.4) is 0 Å². The Hall–Kier alpha value is -1.78. The molecule has 1 aliphatic heterocycles. The van der Waals surface area contributed by atoms with Gasteiger partial charge in [-0.3, -0.25) is 0 Å². The van der Waals surface area contributed by atoms with Crippen molar-refractivity contribution < 1.29 is 4.74 Å². The summed E-state index contributed by atoms with van der Waals surface area (Å²) in [7, 11) is 6.28. The van der Waals surface area contributed by atoms with Gasteiger partial charge in [0.1, 0.15) is 5.75 Å². The van der Waals surface area contributed by atoms with Gasteiger partial charge in [-0.05, 0) is 80.2 Å². The van der Waals surface area contributed by atoms with E-state index in [1.165, 1.54) is 33.1 Å². The maximum absolute atomic E-state index is 5.58. The van der Waals surface area contributed by atoms with E-state index in [2.05, 4.69) is 82.0 Å². The molecule has 0 amide bonds. The summed E-state index contributed by atoms with van der Waals surface area (Å²) in [5.74, 6) is 1.59. The highest BCUT2D eigenvalue weighted by molar-refractivity contribution is 9.10. The number of fused-ring (bicyclic) bond motifs is 4. The number of piperidine rings is 1. The van der Waals surface area contributed by atoms with E-state index < -0.39 is 0 Å². The number of aryl methyl sites for hydroxylation is 1. The van der Waals surface area contributed by atoms with Gasteiger partial charge in [-0.1, -0.05) is 28.1 Å².